The topological polar surface area (TPSA) is 99.3 Å². The Morgan fingerprint density at radius 3 is 2.56 bits per heavy atom. The van der Waals surface area contributed by atoms with E-state index in [1.54, 1.807) is 40.1 Å². The van der Waals surface area contributed by atoms with E-state index in [1.807, 2.05) is 19.1 Å². The van der Waals surface area contributed by atoms with Crippen molar-refractivity contribution in [2.75, 3.05) is 41.9 Å². The monoisotopic (exact) mass is 490 g/mol. The lowest BCUT2D eigenvalue weighted by Gasteiger charge is -2.48. The van der Waals surface area contributed by atoms with Gasteiger partial charge in [0.25, 0.3) is 5.91 Å². The van der Waals surface area contributed by atoms with Gasteiger partial charge in [-0.05, 0) is 56.5 Å². The van der Waals surface area contributed by atoms with Crippen molar-refractivity contribution in [2.45, 2.75) is 44.7 Å². The molecule has 36 heavy (non-hydrogen) atoms. The van der Waals surface area contributed by atoms with E-state index in [-0.39, 0.29) is 30.7 Å². The van der Waals surface area contributed by atoms with Crippen molar-refractivity contribution in [2.24, 2.45) is 0 Å². The molecule has 0 aliphatic carbocycles. The van der Waals surface area contributed by atoms with Gasteiger partial charge in [-0.25, -0.2) is 4.79 Å². The molecule has 0 radical (unpaired) electrons. The number of amides is 3. The summed E-state index contributed by atoms with van der Waals surface area (Å²) >= 11 is 0. The Morgan fingerprint density at radius 1 is 1.06 bits per heavy atom. The number of hydrogen-bond acceptors (Lipinski definition) is 6. The highest BCUT2D eigenvalue weighted by molar-refractivity contribution is 6.10. The highest BCUT2D eigenvalue weighted by Crippen LogP contribution is 2.44. The number of rotatable bonds is 6. The summed E-state index contributed by atoms with van der Waals surface area (Å²) < 4.78 is 4.85. The number of ether oxygens (including phenoxy) is 1. The Kier molecular flexibility index (Phi) is 6.15. The Balaban J connectivity index is 1.36. The third-order valence-corrected chi connectivity index (χ3v) is 7.45. The number of para-hydroxylation sites is 1. The summed E-state index contributed by atoms with van der Waals surface area (Å²) in [6.45, 7) is 3.80. The van der Waals surface area contributed by atoms with Crippen molar-refractivity contribution in [3.63, 3.8) is 0 Å². The largest absolute Gasteiger partial charge is 0.465 e. The highest BCUT2D eigenvalue weighted by Gasteiger charge is 2.52. The van der Waals surface area contributed by atoms with Crippen LogP contribution in [0.4, 0.5) is 17.1 Å². The van der Waals surface area contributed by atoms with Gasteiger partial charge in [-0.2, -0.15) is 0 Å². The fourth-order valence-electron chi connectivity index (χ4n) is 5.58. The van der Waals surface area contributed by atoms with Crippen LogP contribution in [0.3, 0.4) is 0 Å². The molecule has 5 rings (SSSR count). The Bertz CT molecular complexity index is 1240. The molecule has 3 aliphatic heterocycles. The van der Waals surface area contributed by atoms with Crippen LogP contribution in [-0.2, 0) is 14.3 Å². The van der Waals surface area contributed by atoms with E-state index in [2.05, 4.69) is 10.2 Å². The van der Waals surface area contributed by atoms with Gasteiger partial charge in [-0.3, -0.25) is 19.3 Å². The van der Waals surface area contributed by atoms with Crippen LogP contribution in [0.15, 0.2) is 42.5 Å². The van der Waals surface area contributed by atoms with Gasteiger partial charge in [0.2, 0.25) is 11.8 Å². The van der Waals surface area contributed by atoms with Crippen molar-refractivity contribution in [1.82, 2.24) is 4.90 Å². The summed E-state index contributed by atoms with van der Waals surface area (Å²) in [7, 11) is 1.32. The van der Waals surface area contributed by atoms with Crippen LogP contribution in [-0.4, -0.2) is 61.0 Å². The highest BCUT2D eigenvalue weighted by atomic mass is 16.5. The Labute approximate surface area is 210 Å². The van der Waals surface area contributed by atoms with E-state index in [4.69, 9.17) is 4.74 Å². The van der Waals surface area contributed by atoms with Gasteiger partial charge in [0.15, 0.2) is 0 Å². The van der Waals surface area contributed by atoms with Gasteiger partial charge in [-0.1, -0.05) is 12.1 Å². The second-order valence-electron chi connectivity index (χ2n) is 9.64. The van der Waals surface area contributed by atoms with Gasteiger partial charge < -0.3 is 19.9 Å². The Morgan fingerprint density at radius 2 is 1.81 bits per heavy atom. The van der Waals surface area contributed by atoms with Crippen molar-refractivity contribution < 1.29 is 23.9 Å². The molecule has 0 saturated carbocycles. The van der Waals surface area contributed by atoms with E-state index < -0.39 is 11.6 Å². The van der Waals surface area contributed by atoms with Crippen molar-refractivity contribution in [1.29, 1.82) is 0 Å². The molecule has 188 valence electrons. The number of nitrogens with one attached hydrogen (secondary N) is 1. The summed E-state index contributed by atoms with van der Waals surface area (Å²) in [4.78, 5) is 56.9. The van der Waals surface area contributed by atoms with Gasteiger partial charge in [0, 0.05) is 32.5 Å². The first kappa shape index (κ1) is 23.8. The lowest BCUT2D eigenvalue weighted by molar-refractivity contribution is -0.117. The average molecular weight is 491 g/mol. The van der Waals surface area contributed by atoms with E-state index in [0.29, 0.717) is 35.3 Å². The number of carbonyl (C=O) groups excluding carboxylic acids is 4. The minimum atomic E-state index is -0.811. The molecule has 9 heteroatoms. The molecular weight excluding hydrogens is 460 g/mol. The molecule has 2 fully saturated rings. The summed E-state index contributed by atoms with van der Waals surface area (Å²) in [5.74, 6) is -0.961. The van der Waals surface area contributed by atoms with Gasteiger partial charge >= 0.3 is 5.97 Å². The molecule has 0 aromatic heterocycles. The first-order valence-electron chi connectivity index (χ1n) is 12.3. The fourth-order valence-corrected chi connectivity index (χ4v) is 5.58. The maximum Gasteiger partial charge on any atom is 0.337 e. The zero-order valence-corrected chi connectivity index (χ0v) is 20.6. The molecule has 3 heterocycles. The van der Waals surface area contributed by atoms with E-state index in [9.17, 15) is 19.2 Å². The molecule has 9 nitrogen and oxygen atoms in total. The maximum atomic E-state index is 13.4. The summed E-state index contributed by atoms with van der Waals surface area (Å²) in [5, 5.41) is 2.95. The Hall–Kier alpha value is -3.88. The molecule has 3 aliphatic rings. The van der Waals surface area contributed by atoms with Crippen molar-refractivity contribution in [3.05, 3.63) is 53.6 Å². The average Bonchev–Trinajstić information content (AvgIpc) is 3.52. The lowest BCUT2D eigenvalue weighted by atomic mass is 9.98. The zero-order chi connectivity index (χ0) is 25.4. The molecule has 1 N–H and O–H groups in total. The summed E-state index contributed by atoms with van der Waals surface area (Å²) in [6.07, 6.45) is 3.04. The predicted molar refractivity (Wildman–Crippen MR) is 135 cm³/mol. The normalized spacial score (nSPS) is 20.9. The molecular formula is C27H30N4O5. The van der Waals surface area contributed by atoms with Crippen LogP contribution in [0, 0.1) is 0 Å². The van der Waals surface area contributed by atoms with Gasteiger partial charge in [-0.15, -0.1) is 0 Å². The molecule has 2 aromatic carbocycles. The number of benzene rings is 2. The van der Waals surface area contributed by atoms with E-state index in [1.165, 1.54) is 7.11 Å². The van der Waals surface area contributed by atoms with Crippen LogP contribution in [0.5, 0.6) is 0 Å². The second-order valence-corrected chi connectivity index (χ2v) is 9.64. The first-order valence-corrected chi connectivity index (χ1v) is 12.3. The molecule has 0 bridgehead atoms. The number of esters is 1. The molecule has 0 spiro atoms. The van der Waals surface area contributed by atoms with Crippen LogP contribution < -0.4 is 15.1 Å². The van der Waals surface area contributed by atoms with Crippen LogP contribution >= 0.6 is 0 Å². The van der Waals surface area contributed by atoms with Crippen molar-refractivity contribution >= 4 is 40.8 Å². The minimum Gasteiger partial charge on any atom is -0.465 e. The summed E-state index contributed by atoms with van der Waals surface area (Å²) in [5.41, 5.74) is 2.04. The minimum absolute atomic E-state index is 0.0261. The lowest BCUT2D eigenvalue weighted by Crippen LogP contribution is -2.62. The molecule has 1 unspecified atom stereocenters. The molecule has 1 atom stereocenters. The second kappa shape index (κ2) is 9.29. The number of carbonyl (C=O) groups is 4. The quantitative estimate of drug-likeness (QED) is 0.623. The number of nitrogens with zero attached hydrogens (tertiary/aromatic N) is 3. The maximum absolute atomic E-state index is 13.4. The first-order chi connectivity index (χ1) is 17.3. The molecule has 2 aromatic rings. The van der Waals surface area contributed by atoms with Crippen LogP contribution in [0.2, 0.25) is 0 Å². The SMILES string of the molecule is COC(=O)c1ccc(N2CCCC2)c(NC(=O)CCN2C(=O)c3ccccc3N3C(=O)CCC23C)c1. The van der Waals surface area contributed by atoms with Gasteiger partial charge in [0.1, 0.15) is 5.66 Å². The fraction of sp³-hybridized carbons (Fsp3) is 0.407. The van der Waals surface area contributed by atoms with Crippen LogP contribution in [0.25, 0.3) is 0 Å². The number of fused-ring (bicyclic) bond motifs is 3. The van der Waals surface area contributed by atoms with E-state index >= 15 is 0 Å². The third-order valence-electron chi connectivity index (χ3n) is 7.45. The zero-order valence-electron chi connectivity index (χ0n) is 20.6. The van der Waals surface area contributed by atoms with E-state index in [0.717, 1.165) is 31.6 Å². The predicted octanol–water partition coefficient (Wildman–Crippen LogP) is 3.40. The standard InChI is InChI=1S/C27H30N4O5/c1-27-13-11-24(33)31(27)21-8-4-3-7-19(21)25(34)30(27)16-12-23(32)28-20-17-18(26(35)36-2)9-10-22(20)29-14-5-6-15-29/h3-4,7-10,17H,5-6,11-16H2,1-2H3,(H,28,32). The number of hydrogen-bond donors (Lipinski definition) is 1. The third kappa shape index (κ3) is 3.98. The smallest absolute Gasteiger partial charge is 0.337 e. The molecule has 3 amide bonds. The summed E-state index contributed by atoms with van der Waals surface area (Å²) in [6, 6.07) is 12.3. The van der Waals surface area contributed by atoms with Gasteiger partial charge in [0.05, 0.1) is 35.3 Å². The number of anilines is 3. The molecule has 2 saturated heterocycles. The van der Waals surface area contributed by atoms with Crippen molar-refractivity contribution in [3.8, 4) is 0 Å². The number of methoxy groups -OCH3 is 1. The van der Waals surface area contributed by atoms with Crippen LogP contribution in [0.1, 0.15) is 59.7 Å².